The third-order valence-electron chi connectivity index (χ3n) is 4.92. The monoisotopic (exact) mass is 467 g/mol. The van der Waals surface area contributed by atoms with Gasteiger partial charge in [-0.15, -0.1) is 11.3 Å². The summed E-state index contributed by atoms with van der Waals surface area (Å²) in [6, 6.07) is 18.2. The second kappa shape index (κ2) is 10.4. The zero-order valence-electron chi connectivity index (χ0n) is 17.5. The Bertz CT molecular complexity index is 1230. The van der Waals surface area contributed by atoms with E-state index in [9.17, 15) is 18.0 Å². The molecule has 1 N–H and O–H groups in total. The van der Waals surface area contributed by atoms with E-state index in [1.807, 2.05) is 4.90 Å². The predicted octanol–water partition coefficient (Wildman–Crippen LogP) is 6.02. The second-order valence-corrected chi connectivity index (χ2v) is 8.39. The number of benzene rings is 3. The molecule has 0 spiro atoms. The molecule has 0 aliphatic heterocycles. The first-order valence-corrected chi connectivity index (χ1v) is 11.1. The van der Waals surface area contributed by atoms with Gasteiger partial charge in [0.25, 0.3) is 5.91 Å². The highest BCUT2D eigenvalue weighted by molar-refractivity contribution is 7.09. The van der Waals surface area contributed by atoms with E-state index >= 15 is 0 Å². The van der Waals surface area contributed by atoms with Gasteiger partial charge in [-0.3, -0.25) is 9.69 Å². The fourth-order valence-corrected chi connectivity index (χ4v) is 4.11. The largest absolute Gasteiger partial charge is 0.321 e. The zero-order valence-corrected chi connectivity index (χ0v) is 18.3. The summed E-state index contributed by atoms with van der Waals surface area (Å²) in [5.74, 6) is -1.42. The molecule has 0 radical (unpaired) electrons. The third kappa shape index (κ3) is 6.27. The Balaban J connectivity index is 1.48. The molecule has 1 amide bonds. The lowest BCUT2D eigenvalue weighted by Gasteiger charge is -2.22. The molecule has 33 heavy (non-hydrogen) atoms. The number of amides is 1. The highest BCUT2D eigenvalue weighted by atomic mass is 32.1. The van der Waals surface area contributed by atoms with E-state index in [0.29, 0.717) is 35.9 Å². The van der Waals surface area contributed by atoms with Crippen LogP contribution in [0.4, 0.5) is 18.9 Å². The molecule has 0 aliphatic carbocycles. The second-order valence-electron chi connectivity index (χ2n) is 7.45. The number of nitrogens with one attached hydrogen (secondary N) is 1. The zero-order chi connectivity index (χ0) is 23.2. The summed E-state index contributed by atoms with van der Waals surface area (Å²) in [6.45, 7) is 1.15. The Morgan fingerprint density at radius 1 is 0.848 bits per heavy atom. The van der Waals surface area contributed by atoms with E-state index in [2.05, 4.69) is 10.3 Å². The first kappa shape index (κ1) is 22.7. The van der Waals surface area contributed by atoms with E-state index in [1.54, 1.807) is 35.7 Å². The molecule has 4 rings (SSSR count). The van der Waals surface area contributed by atoms with Gasteiger partial charge in [0.05, 0.1) is 6.54 Å². The highest BCUT2D eigenvalue weighted by Gasteiger charge is 2.16. The minimum atomic E-state index is -0.400. The lowest BCUT2D eigenvalue weighted by atomic mass is 10.1. The van der Waals surface area contributed by atoms with Gasteiger partial charge in [0.2, 0.25) is 0 Å². The molecule has 1 heterocycles. The summed E-state index contributed by atoms with van der Waals surface area (Å²) in [7, 11) is 0. The number of nitrogens with zero attached hydrogens (tertiary/aromatic N) is 2. The summed E-state index contributed by atoms with van der Waals surface area (Å²) in [4.78, 5) is 18.9. The van der Waals surface area contributed by atoms with Crippen molar-refractivity contribution in [2.75, 3.05) is 5.32 Å². The smallest absolute Gasteiger partial charge is 0.275 e. The first-order chi connectivity index (χ1) is 16.0. The van der Waals surface area contributed by atoms with Gasteiger partial charge in [-0.2, -0.15) is 0 Å². The van der Waals surface area contributed by atoms with Crippen molar-refractivity contribution in [3.63, 3.8) is 0 Å². The Hall–Kier alpha value is -3.49. The van der Waals surface area contributed by atoms with Crippen LogP contribution in [0.15, 0.2) is 78.2 Å². The number of carbonyl (C=O) groups excluding carboxylic acids is 1. The summed E-state index contributed by atoms with van der Waals surface area (Å²) < 4.78 is 40.6. The van der Waals surface area contributed by atoms with Gasteiger partial charge in [-0.25, -0.2) is 18.2 Å². The van der Waals surface area contributed by atoms with Gasteiger partial charge in [0, 0.05) is 29.7 Å². The molecule has 1 aromatic heterocycles. The fourth-order valence-electron chi connectivity index (χ4n) is 3.29. The number of thiazole rings is 1. The SMILES string of the molecule is O=C(Nc1ccc(F)cc1)c1csc(CN(Cc2ccc(F)cc2)Cc2ccccc2F)n1. The molecule has 8 heteroatoms. The van der Waals surface area contributed by atoms with E-state index < -0.39 is 5.91 Å². The molecular formula is C25H20F3N3OS. The number of hydrogen-bond donors (Lipinski definition) is 1. The van der Waals surface area contributed by atoms with Crippen LogP contribution in [-0.2, 0) is 19.6 Å². The lowest BCUT2D eigenvalue weighted by molar-refractivity contribution is 0.102. The summed E-state index contributed by atoms with van der Waals surface area (Å²) >= 11 is 1.32. The lowest BCUT2D eigenvalue weighted by Crippen LogP contribution is -2.23. The van der Waals surface area contributed by atoms with Crippen LogP contribution in [0, 0.1) is 17.5 Å². The summed E-state index contributed by atoms with van der Waals surface area (Å²) in [6.07, 6.45) is 0. The number of anilines is 1. The molecule has 3 aromatic carbocycles. The van der Waals surface area contributed by atoms with Crippen LogP contribution >= 0.6 is 11.3 Å². The molecule has 4 aromatic rings. The van der Waals surface area contributed by atoms with Gasteiger partial charge in [0.15, 0.2) is 0 Å². The maximum atomic E-state index is 14.3. The van der Waals surface area contributed by atoms with Crippen LogP contribution in [0.1, 0.15) is 26.6 Å². The highest BCUT2D eigenvalue weighted by Crippen LogP contribution is 2.20. The van der Waals surface area contributed by atoms with Crippen molar-refractivity contribution < 1.29 is 18.0 Å². The van der Waals surface area contributed by atoms with E-state index in [0.717, 1.165) is 5.56 Å². The average Bonchev–Trinajstić information content (AvgIpc) is 3.27. The standard InChI is InChI=1S/C25H20F3N3OS/c26-19-7-5-17(6-8-19)13-31(14-18-3-1-2-4-22(18)28)15-24-30-23(16-33-24)25(32)29-21-11-9-20(27)10-12-21/h1-12,16H,13-15H2,(H,29,32). The van der Waals surface area contributed by atoms with Crippen LogP contribution in [0.25, 0.3) is 0 Å². The van der Waals surface area contributed by atoms with Gasteiger partial charge >= 0.3 is 0 Å². The summed E-state index contributed by atoms with van der Waals surface area (Å²) in [5, 5.41) is 5.01. The predicted molar refractivity (Wildman–Crippen MR) is 122 cm³/mol. The van der Waals surface area contributed by atoms with Crippen LogP contribution in [0.5, 0.6) is 0 Å². The van der Waals surface area contributed by atoms with Crippen molar-refractivity contribution in [1.82, 2.24) is 9.88 Å². The topological polar surface area (TPSA) is 45.2 Å². The number of hydrogen-bond acceptors (Lipinski definition) is 4. The van der Waals surface area contributed by atoms with Crippen LogP contribution in [0.3, 0.4) is 0 Å². The Kier molecular flexibility index (Phi) is 7.16. The summed E-state index contributed by atoms with van der Waals surface area (Å²) in [5.41, 5.74) is 2.12. The van der Waals surface area contributed by atoms with Crippen molar-refractivity contribution in [3.8, 4) is 0 Å². The molecular weight excluding hydrogens is 447 g/mol. The Morgan fingerprint density at radius 3 is 2.21 bits per heavy atom. The van der Waals surface area contributed by atoms with Gasteiger partial charge in [0.1, 0.15) is 28.2 Å². The maximum Gasteiger partial charge on any atom is 0.275 e. The molecule has 0 saturated heterocycles. The van der Waals surface area contributed by atoms with Crippen LogP contribution in [-0.4, -0.2) is 15.8 Å². The molecule has 4 nitrogen and oxygen atoms in total. The van der Waals surface area contributed by atoms with Crippen molar-refractivity contribution in [2.24, 2.45) is 0 Å². The van der Waals surface area contributed by atoms with Crippen LogP contribution < -0.4 is 5.32 Å². The molecule has 0 aliphatic rings. The number of carbonyl (C=O) groups is 1. The van der Waals surface area contributed by atoms with E-state index in [-0.39, 0.29) is 23.1 Å². The Morgan fingerprint density at radius 2 is 1.52 bits per heavy atom. The molecule has 0 unspecified atom stereocenters. The van der Waals surface area contributed by atoms with Crippen molar-refractivity contribution in [3.05, 3.63) is 117 Å². The van der Waals surface area contributed by atoms with Crippen molar-refractivity contribution in [1.29, 1.82) is 0 Å². The maximum absolute atomic E-state index is 14.3. The average molecular weight is 468 g/mol. The van der Waals surface area contributed by atoms with Gasteiger partial charge < -0.3 is 5.32 Å². The minimum Gasteiger partial charge on any atom is -0.321 e. The number of halogens is 3. The quantitative estimate of drug-likeness (QED) is 0.345. The number of aromatic nitrogens is 1. The van der Waals surface area contributed by atoms with Gasteiger partial charge in [-0.1, -0.05) is 30.3 Å². The number of rotatable bonds is 8. The first-order valence-electron chi connectivity index (χ1n) is 10.2. The molecule has 0 fully saturated rings. The Labute approximate surface area is 193 Å². The van der Waals surface area contributed by atoms with E-state index in [1.165, 1.54) is 53.8 Å². The van der Waals surface area contributed by atoms with Crippen LogP contribution in [0.2, 0.25) is 0 Å². The van der Waals surface area contributed by atoms with Crippen molar-refractivity contribution >= 4 is 22.9 Å². The molecule has 0 bridgehead atoms. The fraction of sp³-hybridized carbons (Fsp3) is 0.120. The van der Waals surface area contributed by atoms with Gasteiger partial charge in [-0.05, 0) is 48.0 Å². The third-order valence-corrected chi connectivity index (χ3v) is 5.75. The minimum absolute atomic E-state index is 0.243. The van der Waals surface area contributed by atoms with Crippen molar-refractivity contribution in [2.45, 2.75) is 19.6 Å². The molecule has 0 saturated carbocycles. The molecule has 0 atom stereocenters. The van der Waals surface area contributed by atoms with E-state index in [4.69, 9.17) is 0 Å². The normalized spacial score (nSPS) is 11.0. The molecule has 168 valence electrons.